The smallest absolute Gasteiger partial charge is 0.293 e. The van der Waals surface area contributed by atoms with Crippen LogP contribution in [-0.4, -0.2) is 35.8 Å². The van der Waals surface area contributed by atoms with Gasteiger partial charge in [0, 0.05) is 0 Å². The fraction of sp³-hybridized carbons (Fsp3) is 0.241. The largest absolute Gasteiger partial charge is 0.492 e. The summed E-state index contributed by atoms with van der Waals surface area (Å²) in [4.78, 5) is 27.0. The van der Waals surface area contributed by atoms with Gasteiger partial charge in [0.05, 0.1) is 22.5 Å². The number of ether oxygens (including phenoxy) is 3. The van der Waals surface area contributed by atoms with E-state index < -0.39 is 0 Å². The van der Waals surface area contributed by atoms with Gasteiger partial charge >= 0.3 is 0 Å². The zero-order valence-corrected chi connectivity index (χ0v) is 23.4. The molecule has 1 fully saturated rings. The molecule has 3 aromatic carbocycles. The summed E-state index contributed by atoms with van der Waals surface area (Å²) in [7, 11) is 0. The van der Waals surface area contributed by atoms with Gasteiger partial charge in [0.25, 0.3) is 11.1 Å². The predicted octanol–water partition coefficient (Wildman–Crippen LogP) is 7.16. The molecule has 1 aliphatic heterocycles. The maximum absolute atomic E-state index is 12.9. The van der Waals surface area contributed by atoms with E-state index in [2.05, 4.69) is 22.0 Å². The fourth-order valence-electron chi connectivity index (χ4n) is 3.77. The molecule has 0 N–H and O–H groups in total. The van der Waals surface area contributed by atoms with Crippen molar-refractivity contribution in [3.05, 3.63) is 92.3 Å². The maximum atomic E-state index is 12.9. The van der Waals surface area contributed by atoms with Crippen LogP contribution in [0.25, 0.3) is 6.08 Å². The Bertz CT molecular complexity index is 1320. The van der Waals surface area contributed by atoms with Crippen molar-refractivity contribution >= 4 is 44.9 Å². The molecule has 2 amide bonds. The number of hydrogen-bond donors (Lipinski definition) is 0. The Kier molecular flexibility index (Phi) is 8.95. The molecule has 0 spiro atoms. The molecule has 0 bridgehead atoms. The lowest BCUT2D eigenvalue weighted by Crippen LogP contribution is -2.32. The molecule has 0 aromatic heterocycles. The quantitative estimate of drug-likeness (QED) is 0.237. The molecule has 4 rings (SSSR count). The predicted molar refractivity (Wildman–Crippen MR) is 150 cm³/mol. The minimum atomic E-state index is -0.337. The Morgan fingerprint density at radius 2 is 1.73 bits per heavy atom. The van der Waals surface area contributed by atoms with Crippen LogP contribution >= 0.6 is 27.7 Å². The number of aryl methyl sites for hydroxylation is 2. The van der Waals surface area contributed by atoms with Gasteiger partial charge in [0.1, 0.15) is 19.0 Å². The molecule has 6 nitrogen and oxygen atoms in total. The zero-order valence-electron chi connectivity index (χ0n) is 21.0. The van der Waals surface area contributed by atoms with E-state index in [0.29, 0.717) is 39.8 Å². The van der Waals surface area contributed by atoms with E-state index in [9.17, 15) is 9.59 Å². The van der Waals surface area contributed by atoms with Crippen molar-refractivity contribution in [2.75, 3.05) is 19.8 Å². The van der Waals surface area contributed by atoms with E-state index in [0.717, 1.165) is 34.0 Å². The third kappa shape index (κ3) is 6.96. The first-order chi connectivity index (χ1) is 17.8. The fourth-order valence-corrected chi connectivity index (χ4v) is 5.20. The highest BCUT2D eigenvalue weighted by Crippen LogP contribution is 2.39. The maximum Gasteiger partial charge on any atom is 0.293 e. The average Bonchev–Trinajstić information content (AvgIpc) is 3.12. The summed E-state index contributed by atoms with van der Waals surface area (Å²) < 4.78 is 18.3. The van der Waals surface area contributed by atoms with E-state index in [1.165, 1.54) is 4.90 Å². The van der Waals surface area contributed by atoms with Crippen molar-refractivity contribution in [1.82, 2.24) is 4.90 Å². The summed E-state index contributed by atoms with van der Waals surface area (Å²) in [6, 6.07) is 19.4. The number of rotatable bonds is 10. The van der Waals surface area contributed by atoms with Gasteiger partial charge in [0.2, 0.25) is 0 Å². The molecular weight excluding hydrogens is 554 g/mol. The van der Waals surface area contributed by atoms with Gasteiger partial charge in [0.15, 0.2) is 11.5 Å². The van der Waals surface area contributed by atoms with Crippen molar-refractivity contribution in [3.8, 4) is 17.2 Å². The molecule has 1 aliphatic rings. The summed E-state index contributed by atoms with van der Waals surface area (Å²) in [5, 5.41) is -0.314. The van der Waals surface area contributed by atoms with Crippen molar-refractivity contribution in [2.24, 2.45) is 0 Å². The second kappa shape index (κ2) is 12.3. The second-order valence-corrected chi connectivity index (χ2v) is 10.4. The van der Waals surface area contributed by atoms with Gasteiger partial charge in [-0.15, -0.1) is 0 Å². The summed E-state index contributed by atoms with van der Waals surface area (Å²) >= 11 is 4.50. The van der Waals surface area contributed by atoms with Crippen molar-refractivity contribution in [1.29, 1.82) is 0 Å². The van der Waals surface area contributed by atoms with Crippen LogP contribution in [0.1, 0.15) is 29.2 Å². The molecule has 192 valence electrons. The normalized spacial score (nSPS) is 14.4. The van der Waals surface area contributed by atoms with E-state index in [-0.39, 0.29) is 24.3 Å². The van der Waals surface area contributed by atoms with Crippen LogP contribution < -0.4 is 14.2 Å². The number of amides is 2. The van der Waals surface area contributed by atoms with Crippen LogP contribution in [0.2, 0.25) is 0 Å². The van der Waals surface area contributed by atoms with Crippen LogP contribution in [0.5, 0.6) is 17.2 Å². The zero-order chi connectivity index (χ0) is 26.4. The summed E-state index contributed by atoms with van der Waals surface area (Å²) in [6.45, 7) is 7.18. The minimum absolute atomic E-state index is 0.176. The van der Waals surface area contributed by atoms with Gasteiger partial charge in [-0.25, -0.2) is 0 Å². The number of nitrogens with zero attached hydrogens (tertiary/aromatic N) is 1. The van der Waals surface area contributed by atoms with Crippen LogP contribution in [-0.2, 0) is 11.4 Å². The van der Waals surface area contributed by atoms with E-state index in [4.69, 9.17) is 14.2 Å². The average molecular weight is 583 g/mol. The number of carbonyl (C=O) groups excluding carboxylic acids is 2. The van der Waals surface area contributed by atoms with Crippen molar-refractivity contribution < 1.29 is 23.8 Å². The minimum Gasteiger partial charge on any atom is -0.492 e. The first-order valence-electron chi connectivity index (χ1n) is 11.9. The first kappa shape index (κ1) is 26.8. The summed E-state index contributed by atoms with van der Waals surface area (Å²) in [5.74, 6) is 1.51. The SMILES string of the molecule is CCOc1cc(/C=C2\SC(=O)N(CCOc3ccc(C)cc3)C2=O)cc(Br)c1OCc1cccc(C)c1. The van der Waals surface area contributed by atoms with Crippen molar-refractivity contribution in [3.63, 3.8) is 0 Å². The summed E-state index contributed by atoms with van der Waals surface area (Å²) in [5.41, 5.74) is 4.07. The monoisotopic (exact) mass is 581 g/mol. The highest BCUT2D eigenvalue weighted by atomic mass is 79.9. The number of imide groups is 1. The molecule has 37 heavy (non-hydrogen) atoms. The molecule has 1 saturated heterocycles. The van der Waals surface area contributed by atoms with Crippen LogP contribution in [0.15, 0.2) is 70.0 Å². The Balaban J connectivity index is 1.45. The molecule has 8 heteroatoms. The highest BCUT2D eigenvalue weighted by molar-refractivity contribution is 9.10. The van der Waals surface area contributed by atoms with E-state index in [1.54, 1.807) is 6.08 Å². The Morgan fingerprint density at radius 3 is 2.46 bits per heavy atom. The Morgan fingerprint density at radius 1 is 0.946 bits per heavy atom. The lowest BCUT2D eigenvalue weighted by atomic mass is 10.1. The molecule has 0 radical (unpaired) electrons. The number of thioether (sulfide) groups is 1. The molecule has 1 heterocycles. The number of carbonyl (C=O) groups is 2. The van der Waals surface area contributed by atoms with E-state index in [1.807, 2.05) is 75.4 Å². The Hall–Kier alpha value is -3.23. The lowest BCUT2D eigenvalue weighted by molar-refractivity contribution is -0.123. The van der Waals surface area contributed by atoms with Gasteiger partial charge in [-0.05, 0) is 89.9 Å². The topological polar surface area (TPSA) is 65.1 Å². The molecular formula is C29H28BrNO5S. The number of benzene rings is 3. The Labute approximate surface area is 229 Å². The van der Waals surface area contributed by atoms with Crippen LogP contribution in [0, 0.1) is 13.8 Å². The number of hydrogen-bond acceptors (Lipinski definition) is 6. The van der Waals surface area contributed by atoms with Crippen molar-refractivity contribution in [2.45, 2.75) is 27.4 Å². The highest BCUT2D eigenvalue weighted by Gasteiger charge is 2.35. The first-order valence-corrected chi connectivity index (χ1v) is 13.5. The third-order valence-electron chi connectivity index (χ3n) is 5.57. The van der Waals surface area contributed by atoms with Crippen LogP contribution in [0.3, 0.4) is 0 Å². The van der Waals surface area contributed by atoms with Gasteiger partial charge in [-0.2, -0.15) is 0 Å². The standard InChI is InChI=1S/C29H28BrNO5S/c1-4-34-25-16-22(15-24(30)27(25)36-18-21-7-5-6-20(3)14-21)17-26-28(32)31(29(33)37-26)12-13-35-23-10-8-19(2)9-11-23/h5-11,14-17H,4,12-13,18H2,1-3H3/b26-17-. The van der Waals surface area contributed by atoms with Gasteiger partial charge < -0.3 is 14.2 Å². The van der Waals surface area contributed by atoms with E-state index >= 15 is 0 Å². The summed E-state index contributed by atoms with van der Waals surface area (Å²) in [6.07, 6.45) is 1.70. The van der Waals surface area contributed by atoms with Crippen LogP contribution in [0.4, 0.5) is 4.79 Å². The molecule has 0 saturated carbocycles. The molecule has 0 unspecified atom stereocenters. The third-order valence-corrected chi connectivity index (χ3v) is 7.07. The second-order valence-electron chi connectivity index (χ2n) is 8.54. The molecule has 0 atom stereocenters. The lowest BCUT2D eigenvalue weighted by Gasteiger charge is -2.15. The molecule has 0 aliphatic carbocycles. The van der Waals surface area contributed by atoms with Gasteiger partial charge in [-0.3, -0.25) is 14.5 Å². The number of halogens is 1. The van der Waals surface area contributed by atoms with Gasteiger partial charge in [-0.1, -0.05) is 47.5 Å². The molecule has 3 aromatic rings.